The Hall–Kier alpha value is -2.21. The van der Waals surface area contributed by atoms with Gasteiger partial charge in [0.25, 0.3) is 0 Å². The molecule has 2 bridgehead atoms. The number of phenols is 1. The van der Waals surface area contributed by atoms with E-state index in [1.165, 1.54) is 52.7 Å². The number of halogens is 1. The molecule has 1 spiro atoms. The number of aryl methyl sites for hydroxylation is 1. The highest BCUT2D eigenvalue weighted by Gasteiger charge is 2.74. The van der Waals surface area contributed by atoms with E-state index in [2.05, 4.69) is 53.8 Å². The fourth-order valence-corrected chi connectivity index (χ4v) is 8.43. The van der Waals surface area contributed by atoms with E-state index in [9.17, 15) is 5.11 Å². The van der Waals surface area contributed by atoms with Crippen LogP contribution in [0.2, 0.25) is 0 Å². The number of likely N-dealkylation sites (tertiary alicyclic amines) is 1. The largest absolute Gasteiger partial charge is 0.504 e. The van der Waals surface area contributed by atoms with Crippen LogP contribution in [0.15, 0.2) is 36.4 Å². The summed E-state index contributed by atoms with van der Waals surface area (Å²) in [5, 5.41) is 12.3. The Morgan fingerprint density at radius 1 is 1.17 bits per heavy atom. The normalized spacial score (nSPS) is 32.1. The van der Waals surface area contributed by atoms with Crippen LogP contribution in [0.3, 0.4) is 0 Å². The Kier molecular flexibility index (Phi) is 4.52. The fraction of sp³-hybridized carbons (Fsp3) is 0.517. The van der Waals surface area contributed by atoms with Crippen LogP contribution in [0.4, 0.5) is 0 Å². The van der Waals surface area contributed by atoms with Crippen LogP contribution >= 0.6 is 12.4 Å². The van der Waals surface area contributed by atoms with Gasteiger partial charge in [0, 0.05) is 49.1 Å². The van der Waals surface area contributed by atoms with Gasteiger partial charge in [-0.15, -0.1) is 12.4 Å². The Morgan fingerprint density at radius 3 is 2.80 bits per heavy atom. The molecule has 2 fully saturated rings. The van der Waals surface area contributed by atoms with Crippen molar-refractivity contribution in [2.45, 2.75) is 62.2 Å². The SMILES string of the molecule is CCO[C@@]12Cc3c(n(C)c4ccccc34)[C@@H]3Oc4c(O)ccc5c4[C@@]31CCN(CC1CC1)[C@H]2C5.Cl. The van der Waals surface area contributed by atoms with Gasteiger partial charge in [0.2, 0.25) is 0 Å². The summed E-state index contributed by atoms with van der Waals surface area (Å²) < 4.78 is 16.3. The predicted molar refractivity (Wildman–Crippen MR) is 138 cm³/mol. The number of rotatable bonds is 4. The molecule has 3 aliphatic carbocycles. The molecule has 1 N–H and O–H groups in total. The van der Waals surface area contributed by atoms with Crippen LogP contribution in [0.1, 0.15) is 54.7 Å². The summed E-state index contributed by atoms with van der Waals surface area (Å²) >= 11 is 0. The third-order valence-electron chi connectivity index (χ3n) is 9.83. The van der Waals surface area contributed by atoms with E-state index in [-0.39, 0.29) is 35.3 Å². The molecule has 3 aromatic rings. The molecule has 0 radical (unpaired) electrons. The monoisotopic (exact) mass is 492 g/mol. The summed E-state index contributed by atoms with van der Waals surface area (Å²) in [5.74, 6) is 1.82. The number of benzene rings is 2. The number of piperidine rings is 1. The van der Waals surface area contributed by atoms with Crippen molar-refractivity contribution in [1.29, 1.82) is 0 Å². The van der Waals surface area contributed by atoms with Crippen molar-refractivity contribution in [2.24, 2.45) is 13.0 Å². The zero-order valence-electron chi connectivity index (χ0n) is 20.4. The van der Waals surface area contributed by atoms with E-state index in [0.29, 0.717) is 18.4 Å². The molecule has 1 saturated heterocycles. The molecular formula is C29H33ClN2O3. The molecule has 2 aliphatic heterocycles. The number of hydrogen-bond acceptors (Lipinski definition) is 4. The number of para-hydroxylation sites is 1. The van der Waals surface area contributed by atoms with Gasteiger partial charge in [0.15, 0.2) is 17.6 Å². The standard InChI is InChI=1S/C29H32N2O3.ClH/c1-3-33-29-15-20-19-6-4-5-7-21(19)30(2)25(20)27-28(29)12-13-31(16-17-8-9-17)23(29)14-18-10-11-22(32)26(34-27)24(18)28;/h4-7,10-11,17,23,27,32H,3,8-9,12-16H2,1-2H3;1H/t23-,27-,28-,29+;/m0./s1. The molecule has 2 aromatic carbocycles. The predicted octanol–water partition coefficient (Wildman–Crippen LogP) is 5.05. The van der Waals surface area contributed by atoms with E-state index < -0.39 is 0 Å². The van der Waals surface area contributed by atoms with Gasteiger partial charge in [-0.2, -0.15) is 0 Å². The third kappa shape index (κ3) is 2.47. The first-order valence-corrected chi connectivity index (χ1v) is 13.0. The van der Waals surface area contributed by atoms with Crippen molar-refractivity contribution in [1.82, 2.24) is 9.47 Å². The van der Waals surface area contributed by atoms with Crippen LogP contribution in [-0.2, 0) is 30.0 Å². The lowest BCUT2D eigenvalue weighted by molar-refractivity contribution is -0.203. The Balaban J connectivity index is 0.00000210. The summed E-state index contributed by atoms with van der Waals surface area (Å²) in [6.45, 7) is 5.09. The van der Waals surface area contributed by atoms with Crippen molar-refractivity contribution in [3.8, 4) is 11.5 Å². The lowest BCUT2D eigenvalue weighted by Crippen LogP contribution is -2.75. The second-order valence-electron chi connectivity index (χ2n) is 11.3. The average Bonchev–Trinajstić information content (AvgIpc) is 3.52. The second kappa shape index (κ2) is 7.18. The number of hydrogen-bond donors (Lipinski definition) is 1. The Morgan fingerprint density at radius 2 is 2.00 bits per heavy atom. The molecule has 5 nitrogen and oxygen atoms in total. The smallest absolute Gasteiger partial charge is 0.166 e. The van der Waals surface area contributed by atoms with E-state index in [0.717, 1.165) is 31.7 Å². The highest BCUT2D eigenvalue weighted by molar-refractivity contribution is 5.87. The molecule has 8 rings (SSSR count). The van der Waals surface area contributed by atoms with Crippen molar-refractivity contribution in [3.05, 3.63) is 58.8 Å². The molecule has 3 heterocycles. The van der Waals surface area contributed by atoms with Gasteiger partial charge in [-0.05, 0) is 68.3 Å². The number of aromatic hydroxyl groups is 1. The van der Waals surface area contributed by atoms with Crippen LogP contribution < -0.4 is 4.74 Å². The molecule has 35 heavy (non-hydrogen) atoms. The van der Waals surface area contributed by atoms with Gasteiger partial charge in [0.1, 0.15) is 5.60 Å². The maximum Gasteiger partial charge on any atom is 0.166 e. The zero-order chi connectivity index (χ0) is 22.8. The quantitative estimate of drug-likeness (QED) is 0.553. The van der Waals surface area contributed by atoms with E-state index in [4.69, 9.17) is 9.47 Å². The van der Waals surface area contributed by atoms with Gasteiger partial charge >= 0.3 is 0 Å². The number of aromatic nitrogens is 1. The summed E-state index contributed by atoms with van der Waals surface area (Å²) in [7, 11) is 2.18. The molecule has 1 saturated carbocycles. The summed E-state index contributed by atoms with van der Waals surface area (Å²) in [5.41, 5.74) is 5.86. The topological polar surface area (TPSA) is 46.9 Å². The minimum Gasteiger partial charge on any atom is -0.504 e. The van der Waals surface area contributed by atoms with Crippen LogP contribution in [0, 0.1) is 5.92 Å². The molecule has 0 unspecified atom stereocenters. The van der Waals surface area contributed by atoms with Crippen molar-refractivity contribution in [3.63, 3.8) is 0 Å². The van der Waals surface area contributed by atoms with Crippen LogP contribution in [0.5, 0.6) is 11.5 Å². The Labute approximate surface area is 212 Å². The van der Waals surface area contributed by atoms with E-state index in [1.54, 1.807) is 0 Å². The molecule has 184 valence electrons. The molecule has 1 aromatic heterocycles. The summed E-state index contributed by atoms with van der Waals surface area (Å²) in [6.07, 6.45) is 5.46. The Bertz CT molecular complexity index is 1360. The number of ether oxygens (including phenoxy) is 2. The fourth-order valence-electron chi connectivity index (χ4n) is 8.43. The molecule has 5 aliphatic rings. The summed E-state index contributed by atoms with van der Waals surface area (Å²) in [6, 6.07) is 13.1. The number of fused-ring (bicyclic) bond motifs is 4. The van der Waals surface area contributed by atoms with Gasteiger partial charge in [-0.3, -0.25) is 4.90 Å². The van der Waals surface area contributed by atoms with Gasteiger partial charge in [0.05, 0.1) is 11.1 Å². The lowest BCUT2D eigenvalue weighted by Gasteiger charge is -2.64. The maximum absolute atomic E-state index is 11.0. The average molecular weight is 493 g/mol. The first kappa shape index (κ1) is 22.0. The molecule has 6 heteroatoms. The molecule has 4 atom stereocenters. The lowest BCUT2D eigenvalue weighted by atomic mass is 9.48. The summed E-state index contributed by atoms with van der Waals surface area (Å²) in [4.78, 5) is 2.76. The van der Waals surface area contributed by atoms with Crippen molar-refractivity contribution in [2.75, 3.05) is 19.7 Å². The van der Waals surface area contributed by atoms with Gasteiger partial charge in [-0.1, -0.05) is 24.3 Å². The third-order valence-corrected chi connectivity index (χ3v) is 9.83. The highest BCUT2D eigenvalue weighted by atomic mass is 35.5. The minimum absolute atomic E-state index is 0. The van der Waals surface area contributed by atoms with Crippen LogP contribution in [0.25, 0.3) is 10.9 Å². The van der Waals surface area contributed by atoms with Crippen molar-refractivity contribution >= 4 is 23.3 Å². The minimum atomic E-state index is -0.358. The zero-order valence-corrected chi connectivity index (χ0v) is 21.2. The first-order chi connectivity index (χ1) is 16.6. The van der Waals surface area contributed by atoms with E-state index in [1.807, 2.05) is 6.07 Å². The first-order valence-electron chi connectivity index (χ1n) is 13.0. The molecular weight excluding hydrogens is 460 g/mol. The van der Waals surface area contributed by atoms with Crippen molar-refractivity contribution < 1.29 is 14.6 Å². The number of phenolic OH excluding ortho intramolecular Hbond substituents is 1. The van der Waals surface area contributed by atoms with Gasteiger partial charge in [-0.25, -0.2) is 0 Å². The van der Waals surface area contributed by atoms with E-state index >= 15 is 0 Å². The second-order valence-corrected chi connectivity index (χ2v) is 11.3. The van der Waals surface area contributed by atoms with Gasteiger partial charge < -0.3 is 19.1 Å². The number of nitrogens with zero attached hydrogens (tertiary/aromatic N) is 2. The maximum atomic E-state index is 11.0. The highest BCUT2D eigenvalue weighted by Crippen LogP contribution is 2.70. The molecule has 0 amide bonds. The van der Waals surface area contributed by atoms with Crippen LogP contribution in [-0.4, -0.2) is 45.9 Å².